The number of benzene rings is 17. The van der Waals surface area contributed by atoms with Crippen LogP contribution < -0.4 is 27.4 Å². The van der Waals surface area contributed by atoms with Gasteiger partial charge in [-0.05, 0) is 198 Å². The van der Waals surface area contributed by atoms with Crippen LogP contribution in [-0.2, 0) is 42.3 Å². The third-order valence-corrected chi connectivity index (χ3v) is 27.2. The topological polar surface area (TPSA) is 114 Å². The molecule has 25 aromatic rings. The molecule has 0 saturated heterocycles. The van der Waals surface area contributed by atoms with Gasteiger partial charge in [-0.2, -0.15) is 9.13 Å². The molecule has 0 aliphatic heterocycles. The first kappa shape index (κ1) is 88.9. The number of rotatable bonds is 6. The van der Waals surface area contributed by atoms with Crippen molar-refractivity contribution >= 4 is 141 Å². The average Bonchev–Trinajstić information content (AvgIpc) is 0.779. The van der Waals surface area contributed by atoms with Gasteiger partial charge < -0.3 is 0 Å². The first-order chi connectivity index (χ1) is 67.3. The number of hydrogen-bond acceptors (Lipinski definition) is 7. The molecule has 8 heterocycles. The molecule has 0 saturated carbocycles. The summed E-state index contributed by atoms with van der Waals surface area (Å²) in [5, 5.41) is 27.7. The van der Waals surface area contributed by atoms with Crippen LogP contribution in [0.4, 0.5) is 0 Å². The van der Waals surface area contributed by atoms with E-state index in [1.54, 1.807) is 0 Å². The second kappa shape index (κ2) is 38.2. The Labute approximate surface area is 803 Å². The van der Waals surface area contributed by atoms with Gasteiger partial charge in [0, 0.05) is 96.8 Å². The highest BCUT2D eigenvalue weighted by atomic mass is 15.0. The molecule has 0 amide bonds. The minimum absolute atomic E-state index is 0.962. The van der Waals surface area contributed by atoms with E-state index in [4.69, 9.17) is 4.98 Å². The van der Waals surface area contributed by atoms with Gasteiger partial charge in [0.2, 0.25) is 22.6 Å². The summed E-state index contributed by atoms with van der Waals surface area (Å²) in [6.07, 6.45) is 25.5. The van der Waals surface area contributed by atoms with Gasteiger partial charge in [-0.15, -0.1) is 0 Å². The predicted molar refractivity (Wildman–Crippen MR) is 568 cm³/mol. The normalized spacial score (nSPS) is 11.3. The second-order valence-electron chi connectivity index (χ2n) is 36.1. The van der Waals surface area contributed by atoms with E-state index in [2.05, 4.69) is 419 Å². The number of nitrogens with zero attached hydrogens (tertiary/aromatic N) is 13. The smallest absolute Gasteiger partial charge is 0.256 e. The Hall–Kier alpha value is -17.0. The van der Waals surface area contributed by atoms with Crippen LogP contribution in [-0.4, -0.2) is 34.9 Å². The summed E-state index contributed by atoms with van der Waals surface area (Å²) < 4.78 is 12.9. The molecule has 138 heavy (non-hydrogen) atoms. The zero-order chi connectivity index (χ0) is 94.9. The van der Waals surface area contributed by atoms with Gasteiger partial charge in [0.15, 0.2) is 12.4 Å². The van der Waals surface area contributed by atoms with E-state index in [1.165, 1.54) is 186 Å². The van der Waals surface area contributed by atoms with E-state index < -0.39 is 0 Å². The van der Waals surface area contributed by atoms with Gasteiger partial charge in [-0.25, -0.2) is 23.3 Å². The molecule has 13 heteroatoms. The van der Waals surface area contributed by atoms with Gasteiger partial charge in [-0.3, -0.25) is 15.0 Å². The summed E-state index contributed by atoms with van der Waals surface area (Å²) in [6.45, 7) is 17.4. The molecule has 0 fully saturated rings. The molecule has 13 nitrogen and oxygen atoms in total. The van der Waals surface area contributed by atoms with Crippen molar-refractivity contribution in [2.45, 2.75) is 55.4 Å². The van der Waals surface area contributed by atoms with E-state index in [-0.39, 0.29) is 0 Å². The molecule has 0 radical (unpaired) electrons. The highest BCUT2D eigenvalue weighted by molar-refractivity contribution is 6.19. The Kier molecular flexibility index (Phi) is 24.6. The van der Waals surface area contributed by atoms with Crippen LogP contribution in [0.15, 0.2) is 396 Å². The summed E-state index contributed by atoms with van der Waals surface area (Å²) >= 11 is 0. The lowest BCUT2D eigenvalue weighted by Gasteiger charge is -2.13. The van der Waals surface area contributed by atoms with Crippen molar-refractivity contribution in [2.24, 2.45) is 42.3 Å². The molecule has 0 bridgehead atoms. The van der Waals surface area contributed by atoms with Crippen molar-refractivity contribution < 1.29 is 27.4 Å². The van der Waals surface area contributed by atoms with Gasteiger partial charge in [0.25, 0.3) is 0 Å². The van der Waals surface area contributed by atoms with Gasteiger partial charge in [0.1, 0.15) is 51.4 Å². The van der Waals surface area contributed by atoms with Gasteiger partial charge in [-0.1, -0.05) is 267 Å². The minimum atomic E-state index is 0.962. The number of para-hydroxylation sites is 3. The van der Waals surface area contributed by atoms with Crippen LogP contribution in [0.25, 0.3) is 208 Å². The van der Waals surface area contributed by atoms with E-state index in [9.17, 15) is 0 Å². The molecule has 0 spiro atoms. The summed E-state index contributed by atoms with van der Waals surface area (Å²) in [6, 6.07) is 111. The highest BCUT2D eigenvalue weighted by Gasteiger charge is 2.27. The lowest BCUT2D eigenvalue weighted by atomic mass is 9.92. The van der Waals surface area contributed by atoms with Crippen molar-refractivity contribution in [3.63, 3.8) is 0 Å². The van der Waals surface area contributed by atoms with Crippen molar-refractivity contribution in [3.8, 4) is 67.9 Å². The second-order valence-corrected chi connectivity index (χ2v) is 36.1. The number of fused-ring (bicyclic) bond motifs is 19. The van der Waals surface area contributed by atoms with E-state index in [1.807, 2.05) is 132 Å². The maximum absolute atomic E-state index is 4.73. The largest absolute Gasteiger partial charge is 0.330 e. The first-order valence-corrected chi connectivity index (χ1v) is 46.9. The van der Waals surface area contributed by atoms with Crippen LogP contribution in [0, 0.1) is 55.4 Å². The molecule has 0 aliphatic rings. The zero-order valence-corrected chi connectivity index (χ0v) is 80.3. The maximum Gasteiger partial charge on any atom is 0.330 e. The SMILES string of the molecule is Cc1cc(-c2c(C)ccc3ccc4ccccc4c23)[n+](C)cc1C.Cc1ccc2ccc3ccccc3c2c1-c1cnc2ccccc2[n+]1C.Cc1ccc2ccc3ccccc3c2c1-c1cncc[n+]1C.Cc1ccc2ccc3ccccc3c2c1-c1nccc[n+]1C.Cc1ccc2cnc3ccccc3c2c1-c1nccc[n+]1C.Cc1ccc2ncc3ccccc3c2c1-c1nccc[n+]1C. The average molecular weight is 1790 g/mol. The summed E-state index contributed by atoms with van der Waals surface area (Å²) in [4.78, 5) is 32.1. The maximum atomic E-state index is 4.73. The van der Waals surface area contributed by atoms with Crippen molar-refractivity contribution in [1.82, 2.24) is 34.9 Å². The zero-order valence-electron chi connectivity index (χ0n) is 80.3. The van der Waals surface area contributed by atoms with E-state index >= 15 is 0 Å². The van der Waals surface area contributed by atoms with Crippen LogP contribution in [0.5, 0.6) is 0 Å². The Morgan fingerprint density at radius 1 is 0.196 bits per heavy atom. The molecule has 666 valence electrons. The fourth-order valence-corrected chi connectivity index (χ4v) is 20.1. The van der Waals surface area contributed by atoms with Crippen LogP contribution in [0.2, 0.25) is 0 Å². The minimum Gasteiger partial charge on any atom is -0.256 e. The van der Waals surface area contributed by atoms with Crippen LogP contribution in [0.1, 0.15) is 44.5 Å². The fraction of sp³-hybridized carbons (Fsp3) is 0.112. The van der Waals surface area contributed by atoms with Crippen molar-refractivity contribution in [3.05, 3.63) is 441 Å². The summed E-state index contributed by atoms with van der Waals surface area (Å²) in [5.74, 6) is 2.94. The first-order valence-electron chi connectivity index (χ1n) is 46.9. The molecule has 0 N–H and O–H groups in total. The van der Waals surface area contributed by atoms with Crippen LogP contribution in [0.3, 0.4) is 0 Å². The molecule has 8 aromatic heterocycles. The monoisotopic (exact) mass is 1790 g/mol. The molecular weight excluding hydrogens is 1680 g/mol. The number of aryl methyl sites for hydroxylation is 14. The standard InChI is InChI=1S/C24H19N2.C23H22N.2C20H17N2.2C19H16N3/c1-16-11-12-18-14-13-17-7-3-4-8-19(17)24(18)23(16)22-15-25-20-9-5-6-10-21(20)26(22)2;1-15-9-10-19-12-11-18-7-5-6-8-20(18)23(19)22(15)21-13-16(2)17(3)14-24(21)4;1-14-8-9-16-11-10-15-6-3-4-7-17(15)19(16)18(14)20-21-12-5-13-22(20)2;1-14-7-8-16-10-9-15-5-3-4-6-17(15)20(16)19(14)18-13-21-11-12-22(18)2;1-13-8-9-14-12-21-16-7-4-3-6-15(16)18(14)17(13)19-20-10-5-11-22(19)2;1-13-8-9-16-18(15-7-4-3-6-14(15)12-21-16)17(13)19-20-10-5-11-22(19)2/h3-15H,1-2H3;5-14H,1-4H3;2*3-13H,1-2H3;2*3-12H,1-2H3/q6*+1. The summed E-state index contributed by atoms with van der Waals surface area (Å²) in [5.41, 5.74) is 25.4. The quantitative estimate of drug-likeness (QED) is 0.120. The number of hydrogen-bond donors (Lipinski definition) is 0. The number of pyridine rings is 3. The Bertz CT molecular complexity index is 8460. The fourth-order valence-electron chi connectivity index (χ4n) is 20.1. The van der Waals surface area contributed by atoms with Crippen LogP contribution >= 0.6 is 0 Å². The van der Waals surface area contributed by atoms with Gasteiger partial charge >= 0.3 is 17.5 Å². The Morgan fingerprint density at radius 3 is 0.993 bits per heavy atom. The molecular formula is C125H107N13+6. The molecule has 25 rings (SSSR count). The summed E-state index contributed by atoms with van der Waals surface area (Å²) in [7, 11) is 12.4. The van der Waals surface area contributed by atoms with Crippen molar-refractivity contribution in [1.29, 1.82) is 0 Å². The Balaban J connectivity index is 0.000000102. The molecule has 0 unspecified atom stereocenters. The lowest BCUT2D eigenvalue weighted by molar-refractivity contribution is -0.663. The third-order valence-electron chi connectivity index (χ3n) is 27.2. The molecule has 17 aromatic carbocycles. The Morgan fingerprint density at radius 2 is 0.529 bits per heavy atom. The van der Waals surface area contributed by atoms with Gasteiger partial charge in [0.05, 0.1) is 96.5 Å². The van der Waals surface area contributed by atoms with E-state index in [0.29, 0.717) is 0 Å². The number of aromatic nitrogens is 13. The third kappa shape index (κ3) is 16.9. The lowest BCUT2D eigenvalue weighted by Crippen LogP contribution is -2.32. The van der Waals surface area contributed by atoms with E-state index in [0.717, 1.165) is 67.3 Å². The molecule has 0 atom stereocenters. The van der Waals surface area contributed by atoms with Crippen molar-refractivity contribution in [2.75, 3.05) is 0 Å². The predicted octanol–water partition coefficient (Wildman–Crippen LogP) is 26.3. The highest BCUT2D eigenvalue weighted by Crippen LogP contribution is 2.43. The molecule has 0 aliphatic carbocycles.